The molecule has 1 aliphatic heterocycles. The molecule has 2 aromatic rings. The van der Waals surface area contributed by atoms with Gasteiger partial charge in [0.05, 0.1) is 39.4 Å². The van der Waals surface area contributed by atoms with Crippen LogP contribution >= 0.6 is 11.3 Å². The van der Waals surface area contributed by atoms with Gasteiger partial charge in [-0.15, -0.1) is 11.3 Å². The van der Waals surface area contributed by atoms with E-state index in [9.17, 15) is 9.59 Å². The van der Waals surface area contributed by atoms with E-state index in [0.717, 1.165) is 56.3 Å². The molecule has 4 rings (SSSR count). The molecule has 2 N–H and O–H groups in total. The molecule has 2 heterocycles. The van der Waals surface area contributed by atoms with Crippen molar-refractivity contribution >= 4 is 28.2 Å². The van der Waals surface area contributed by atoms with Crippen molar-refractivity contribution in [3.8, 4) is 17.2 Å². The van der Waals surface area contributed by atoms with E-state index >= 15 is 0 Å². The van der Waals surface area contributed by atoms with Crippen LogP contribution in [0.5, 0.6) is 17.2 Å². The quantitative estimate of drug-likeness (QED) is 0.558. The van der Waals surface area contributed by atoms with E-state index in [1.807, 2.05) is 0 Å². The van der Waals surface area contributed by atoms with Crippen molar-refractivity contribution in [2.24, 2.45) is 0 Å². The standard InChI is InChI=1S/C25H32N2O6S/c1-30-18-11-15(12-19(31-2)23(18)32-3)13-21(28)27-25-22(17-8-4-5-9-20(17)34-25)24(29)26-14-16-7-6-10-33-16/h11-12,16H,4-10,13-14H2,1-3H3,(H,26,29)(H,27,28)/t16-/m0/s1. The summed E-state index contributed by atoms with van der Waals surface area (Å²) < 4.78 is 21.8. The number of fused-ring (bicyclic) bond motifs is 1. The number of methoxy groups -OCH3 is 3. The Morgan fingerprint density at radius 2 is 1.79 bits per heavy atom. The Kier molecular flexibility index (Phi) is 7.95. The number of hydrogen-bond acceptors (Lipinski definition) is 7. The number of thiophene rings is 1. The van der Waals surface area contributed by atoms with Gasteiger partial charge >= 0.3 is 0 Å². The molecule has 34 heavy (non-hydrogen) atoms. The van der Waals surface area contributed by atoms with E-state index in [2.05, 4.69) is 10.6 Å². The number of ether oxygens (including phenoxy) is 4. The molecule has 1 aromatic carbocycles. The first kappa shape index (κ1) is 24.3. The summed E-state index contributed by atoms with van der Waals surface area (Å²) >= 11 is 1.52. The molecule has 0 unspecified atom stereocenters. The molecular weight excluding hydrogens is 456 g/mol. The minimum absolute atomic E-state index is 0.0662. The van der Waals surface area contributed by atoms with Crippen LogP contribution in [-0.2, 0) is 28.8 Å². The molecule has 0 bridgehead atoms. The Balaban J connectivity index is 1.52. The highest BCUT2D eigenvalue weighted by Crippen LogP contribution is 2.40. The smallest absolute Gasteiger partial charge is 0.254 e. The second-order valence-corrected chi connectivity index (χ2v) is 9.62. The first-order chi connectivity index (χ1) is 16.5. The van der Waals surface area contributed by atoms with E-state index < -0.39 is 0 Å². The molecule has 1 atom stereocenters. The summed E-state index contributed by atoms with van der Waals surface area (Å²) in [6.45, 7) is 1.24. The summed E-state index contributed by atoms with van der Waals surface area (Å²) in [5, 5.41) is 6.65. The van der Waals surface area contributed by atoms with Crippen LogP contribution in [-0.4, -0.2) is 52.4 Å². The maximum absolute atomic E-state index is 13.2. The van der Waals surface area contributed by atoms with Gasteiger partial charge in [-0.1, -0.05) is 0 Å². The lowest BCUT2D eigenvalue weighted by Crippen LogP contribution is -2.32. The van der Waals surface area contributed by atoms with Crippen molar-refractivity contribution in [1.29, 1.82) is 0 Å². The highest BCUT2D eigenvalue weighted by Gasteiger charge is 2.27. The number of aryl methyl sites for hydroxylation is 1. The number of amides is 2. The summed E-state index contributed by atoms with van der Waals surface area (Å²) in [6, 6.07) is 3.52. The van der Waals surface area contributed by atoms with Gasteiger partial charge in [0.25, 0.3) is 5.91 Å². The normalized spacial score (nSPS) is 17.1. The number of carbonyl (C=O) groups is 2. The second kappa shape index (κ2) is 11.1. The predicted octanol–water partition coefficient (Wildman–Crippen LogP) is 3.74. The molecule has 0 saturated carbocycles. The largest absolute Gasteiger partial charge is 0.493 e. The summed E-state index contributed by atoms with van der Waals surface area (Å²) in [6.07, 6.45) is 6.11. The predicted molar refractivity (Wildman–Crippen MR) is 131 cm³/mol. The third-order valence-electron chi connectivity index (χ3n) is 6.25. The van der Waals surface area contributed by atoms with Crippen molar-refractivity contribution in [2.75, 3.05) is 39.8 Å². The Labute approximate surface area is 203 Å². The molecule has 184 valence electrons. The lowest BCUT2D eigenvalue weighted by molar-refractivity contribution is -0.115. The maximum Gasteiger partial charge on any atom is 0.254 e. The first-order valence-electron chi connectivity index (χ1n) is 11.7. The SMILES string of the molecule is COc1cc(CC(=O)Nc2sc3c(c2C(=O)NC[C@@H]2CCCO2)CCCC3)cc(OC)c1OC. The second-order valence-electron chi connectivity index (χ2n) is 8.52. The third-order valence-corrected chi connectivity index (χ3v) is 7.46. The minimum atomic E-state index is -0.207. The average molecular weight is 489 g/mol. The van der Waals surface area contributed by atoms with Crippen LogP contribution in [0.15, 0.2) is 12.1 Å². The summed E-state index contributed by atoms with van der Waals surface area (Å²) in [5.74, 6) is 1.11. The molecule has 2 aliphatic rings. The Hall–Kier alpha value is -2.78. The molecule has 1 aliphatic carbocycles. The fourth-order valence-electron chi connectivity index (χ4n) is 4.59. The monoisotopic (exact) mass is 488 g/mol. The molecule has 1 fully saturated rings. The van der Waals surface area contributed by atoms with Crippen LogP contribution in [0.3, 0.4) is 0 Å². The fourth-order valence-corrected chi connectivity index (χ4v) is 5.89. The number of anilines is 1. The van der Waals surface area contributed by atoms with Gasteiger partial charge in [0, 0.05) is 18.0 Å². The van der Waals surface area contributed by atoms with Gasteiger partial charge in [-0.25, -0.2) is 0 Å². The van der Waals surface area contributed by atoms with E-state index in [4.69, 9.17) is 18.9 Å². The molecule has 0 radical (unpaired) electrons. The lowest BCUT2D eigenvalue weighted by Gasteiger charge is -2.15. The van der Waals surface area contributed by atoms with Crippen molar-refractivity contribution < 1.29 is 28.5 Å². The van der Waals surface area contributed by atoms with Crippen LogP contribution < -0.4 is 24.8 Å². The van der Waals surface area contributed by atoms with E-state index in [1.54, 1.807) is 26.4 Å². The zero-order valence-corrected chi connectivity index (χ0v) is 20.8. The summed E-state index contributed by atoms with van der Waals surface area (Å²) in [5.41, 5.74) is 2.40. The molecule has 0 spiro atoms. The van der Waals surface area contributed by atoms with Gasteiger partial charge in [0.2, 0.25) is 11.7 Å². The number of hydrogen-bond donors (Lipinski definition) is 2. The highest BCUT2D eigenvalue weighted by atomic mass is 32.1. The first-order valence-corrected chi connectivity index (χ1v) is 12.5. The summed E-state index contributed by atoms with van der Waals surface area (Å²) in [7, 11) is 4.62. The molecule has 8 nitrogen and oxygen atoms in total. The van der Waals surface area contributed by atoms with Gasteiger partial charge in [-0.05, 0) is 61.8 Å². The minimum Gasteiger partial charge on any atom is -0.493 e. The Morgan fingerprint density at radius 1 is 1.06 bits per heavy atom. The van der Waals surface area contributed by atoms with Crippen LogP contribution in [0.2, 0.25) is 0 Å². The van der Waals surface area contributed by atoms with Crippen molar-refractivity contribution in [1.82, 2.24) is 5.32 Å². The Morgan fingerprint density at radius 3 is 2.44 bits per heavy atom. The maximum atomic E-state index is 13.2. The molecule has 9 heteroatoms. The van der Waals surface area contributed by atoms with Crippen LogP contribution in [0, 0.1) is 0 Å². The van der Waals surface area contributed by atoms with Crippen molar-refractivity contribution in [3.05, 3.63) is 33.7 Å². The van der Waals surface area contributed by atoms with E-state index in [0.29, 0.717) is 34.4 Å². The van der Waals surface area contributed by atoms with E-state index in [-0.39, 0.29) is 24.3 Å². The Bertz CT molecular complexity index is 1020. The fraction of sp³-hybridized carbons (Fsp3) is 0.520. The van der Waals surface area contributed by atoms with Crippen LogP contribution in [0.4, 0.5) is 5.00 Å². The molecule has 2 amide bonds. The average Bonchev–Trinajstić information content (AvgIpc) is 3.49. The van der Waals surface area contributed by atoms with Gasteiger partial charge < -0.3 is 29.6 Å². The third kappa shape index (κ3) is 5.31. The topological polar surface area (TPSA) is 95.1 Å². The van der Waals surface area contributed by atoms with Crippen molar-refractivity contribution in [2.45, 2.75) is 51.0 Å². The molecular formula is C25H32N2O6S. The van der Waals surface area contributed by atoms with Gasteiger partial charge in [0.15, 0.2) is 11.5 Å². The molecule has 1 saturated heterocycles. The zero-order chi connectivity index (χ0) is 24.1. The van der Waals surface area contributed by atoms with Gasteiger partial charge in [-0.3, -0.25) is 9.59 Å². The zero-order valence-electron chi connectivity index (χ0n) is 20.0. The van der Waals surface area contributed by atoms with Crippen LogP contribution in [0.1, 0.15) is 52.0 Å². The van der Waals surface area contributed by atoms with Crippen molar-refractivity contribution in [3.63, 3.8) is 0 Å². The number of carbonyl (C=O) groups excluding carboxylic acids is 2. The highest BCUT2D eigenvalue weighted by molar-refractivity contribution is 7.17. The summed E-state index contributed by atoms with van der Waals surface area (Å²) in [4.78, 5) is 27.4. The number of benzene rings is 1. The van der Waals surface area contributed by atoms with E-state index in [1.165, 1.54) is 23.3 Å². The molecule has 1 aromatic heterocycles. The number of rotatable bonds is 9. The lowest BCUT2D eigenvalue weighted by atomic mass is 9.95. The van der Waals surface area contributed by atoms with Gasteiger partial charge in [0.1, 0.15) is 5.00 Å². The number of nitrogens with one attached hydrogen (secondary N) is 2. The van der Waals surface area contributed by atoms with Gasteiger partial charge in [-0.2, -0.15) is 0 Å². The van der Waals surface area contributed by atoms with Crippen LogP contribution in [0.25, 0.3) is 0 Å².